The first-order chi connectivity index (χ1) is 5.18. The standard InChI is InChI=1S/C8H18.HNO2/c1-4-5-6-7-8(2)3;2-1-3/h8H,4-7H2,1-3H3;(H,2,3)/p-1. The van der Waals surface area contributed by atoms with E-state index in [2.05, 4.69) is 20.8 Å². The number of unbranched alkanes of at least 4 members (excludes halogenated alkanes) is 2. The van der Waals surface area contributed by atoms with Gasteiger partial charge in [-0.2, -0.15) is 0 Å². The molecule has 68 valence electrons. The molecule has 0 rings (SSSR count). The minimum absolute atomic E-state index is 0.904. The molecule has 0 aromatic rings. The molecule has 0 aliphatic rings. The Balaban J connectivity index is 0. The van der Waals surface area contributed by atoms with E-state index in [1.54, 1.807) is 0 Å². The van der Waals surface area contributed by atoms with E-state index in [0.717, 1.165) is 11.3 Å². The highest BCUT2D eigenvalue weighted by atomic mass is 16.6. The summed E-state index contributed by atoms with van der Waals surface area (Å²) in [6.45, 7) is 6.83. The number of nitrogens with zero attached hydrogens (tertiary/aromatic N) is 1. The predicted octanol–water partition coefficient (Wildman–Crippen LogP) is 3.47. The minimum Gasteiger partial charge on any atom is -0.444 e. The van der Waals surface area contributed by atoms with Crippen molar-refractivity contribution in [2.45, 2.75) is 46.5 Å². The topological polar surface area (TPSA) is 52.5 Å². The van der Waals surface area contributed by atoms with E-state index in [9.17, 15) is 0 Å². The van der Waals surface area contributed by atoms with Gasteiger partial charge in [0.2, 0.25) is 0 Å². The summed E-state index contributed by atoms with van der Waals surface area (Å²) >= 11 is 0. The van der Waals surface area contributed by atoms with E-state index in [4.69, 9.17) is 10.1 Å². The second-order valence-electron chi connectivity index (χ2n) is 2.96. The molecule has 0 aromatic carbocycles. The van der Waals surface area contributed by atoms with Crippen molar-refractivity contribution in [1.29, 1.82) is 0 Å². The normalized spacial score (nSPS) is 8.73. The van der Waals surface area contributed by atoms with Crippen molar-refractivity contribution >= 4 is 0 Å². The van der Waals surface area contributed by atoms with Gasteiger partial charge in [0.1, 0.15) is 0 Å². The van der Waals surface area contributed by atoms with Gasteiger partial charge in [-0.1, -0.05) is 46.5 Å². The van der Waals surface area contributed by atoms with E-state index in [0.29, 0.717) is 0 Å². The molecule has 0 unspecified atom stereocenters. The third-order valence-electron chi connectivity index (χ3n) is 1.39. The summed E-state index contributed by atoms with van der Waals surface area (Å²) in [6, 6.07) is 0. The maximum absolute atomic E-state index is 8.00. The highest BCUT2D eigenvalue weighted by molar-refractivity contribution is 4.44. The lowest BCUT2D eigenvalue weighted by atomic mass is 10.1. The van der Waals surface area contributed by atoms with Gasteiger partial charge in [-0.05, 0) is 5.92 Å². The molecule has 11 heavy (non-hydrogen) atoms. The summed E-state index contributed by atoms with van der Waals surface area (Å²) in [6.07, 6.45) is 5.60. The molecular formula is C8H18NO2-. The van der Waals surface area contributed by atoms with E-state index < -0.39 is 0 Å². The third kappa shape index (κ3) is 26.6. The summed E-state index contributed by atoms with van der Waals surface area (Å²) in [5.74, 6) is 0.904. The zero-order valence-electron chi connectivity index (χ0n) is 7.67. The van der Waals surface area contributed by atoms with Crippen LogP contribution in [-0.2, 0) is 0 Å². The molecule has 0 aliphatic heterocycles. The van der Waals surface area contributed by atoms with Crippen molar-refractivity contribution in [3.05, 3.63) is 10.1 Å². The Hall–Kier alpha value is -0.600. The van der Waals surface area contributed by atoms with Gasteiger partial charge >= 0.3 is 0 Å². The lowest BCUT2D eigenvalue weighted by Gasteiger charge is -2.00. The second-order valence-corrected chi connectivity index (χ2v) is 2.96. The van der Waals surface area contributed by atoms with Crippen LogP contribution in [0.15, 0.2) is 5.34 Å². The Morgan fingerprint density at radius 2 is 1.82 bits per heavy atom. The fourth-order valence-corrected chi connectivity index (χ4v) is 0.803. The van der Waals surface area contributed by atoms with Gasteiger partial charge in [-0.3, -0.25) is 0 Å². The van der Waals surface area contributed by atoms with Gasteiger partial charge in [0.05, 0.1) is 0 Å². The second kappa shape index (κ2) is 12.1. The van der Waals surface area contributed by atoms with Gasteiger partial charge in [-0.15, -0.1) is 5.34 Å². The van der Waals surface area contributed by atoms with Crippen molar-refractivity contribution in [3.63, 3.8) is 0 Å². The minimum atomic E-state index is 0.904. The van der Waals surface area contributed by atoms with Crippen molar-refractivity contribution in [2.24, 2.45) is 11.3 Å². The highest BCUT2D eigenvalue weighted by Gasteiger charge is 1.90. The molecule has 0 heterocycles. The molecule has 3 nitrogen and oxygen atoms in total. The van der Waals surface area contributed by atoms with Gasteiger partial charge in [0, 0.05) is 0 Å². The number of hydrogen-bond acceptors (Lipinski definition) is 3. The molecule has 0 saturated carbocycles. The van der Waals surface area contributed by atoms with Gasteiger partial charge < -0.3 is 10.1 Å². The molecule has 0 N–H and O–H groups in total. The van der Waals surface area contributed by atoms with Crippen LogP contribution < -0.4 is 0 Å². The van der Waals surface area contributed by atoms with Crippen LogP contribution in [0.4, 0.5) is 0 Å². The highest BCUT2D eigenvalue weighted by Crippen LogP contribution is 2.06. The fourth-order valence-electron chi connectivity index (χ4n) is 0.803. The van der Waals surface area contributed by atoms with E-state index in [1.807, 2.05) is 0 Å². The first-order valence-electron chi connectivity index (χ1n) is 4.14. The SMILES string of the molecule is CCCCCC(C)C.O=N[O-]. The monoisotopic (exact) mass is 160 g/mol. The molecule has 0 saturated heterocycles. The molecule has 0 radical (unpaired) electrons. The molecule has 0 aliphatic carbocycles. The molecule has 3 heteroatoms. The number of rotatable bonds is 4. The quantitative estimate of drug-likeness (QED) is 0.359. The maximum atomic E-state index is 8.00. The lowest BCUT2D eigenvalue weighted by Crippen LogP contribution is -1.85. The van der Waals surface area contributed by atoms with Crippen LogP contribution in [0.3, 0.4) is 0 Å². The van der Waals surface area contributed by atoms with Crippen LogP contribution in [0.2, 0.25) is 0 Å². The van der Waals surface area contributed by atoms with E-state index >= 15 is 0 Å². The fraction of sp³-hybridized carbons (Fsp3) is 1.00. The van der Waals surface area contributed by atoms with Crippen molar-refractivity contribution in [1.82, 2.24) is 0 Å². The Labute approximate surface area is 68.7 Å². The van der Waals surface area contributed by atoms with Crippen LogP contribution >= 0.6 is 0 Å². The van der Waals surface area contributed by atoms with Crippen LogP contribution in [0.25, 0.3) is 0 Å². The number of hydrogen-bond donors (Lipinski definition) is 0. The Bertz CT molecular complexity index is 74.5. The third-order valence-corrected chi connectivity index (χ3v) is 1.39. The zero-order valence-corrected chi connectivity index (χ0v) is 7.67. The smallest absolute Gasteiger partial charge is 0.0471 e. The average molecular weight is 160 g/mol. The van der Waals surface area contributed by atoms with Crippen molar-refractivity contribution in [3.8, 4) is 0 Å². The molecule has 0 spiro atoms. The Kier molecular flexibility index (Phi) is 14.3. The van der Waals surface area contributed by atoms with Gasteiger partial charge in [0.15, 0.2) is 0 Å². The first-order valence-corrected chi connectivity index (χ1v) is 4.14. The summed E-state index contributed by atoms with van der Waals surface area (Å²) in [5, 5.41) is 9.00. The largest absolute Gasteiger partial charge is 0.444 e. The van der Waals surface area contributed by atoms with Crippen molar-refractivity contribution < 1.29 is 0 Å². The summed E-state index contributed by atoms with van der Waals surface area (Å²) in [5.41, 5.74) is 0. The predicted molar refractivity (Wildman–Crippen MR) is 48.1 cm³/mol. The van der Waals surface area contributed by atoms with Crippen LogP contribution in [-0.4, -0.2) is 0 Å². The zero-order chi connectivity index (χ0) is 9.11. The van der Waals surface area contributed by atoms with E-state index in [1.165, 1.54) is 25.7 Å². The molecule has 0 fully saturated rings. The summed E-state index contributed by atoms with van der Waals surface area (Å²) in [7, 11) is 0. The average Bonchev–Trinajstić information content (AvgIpc) is 1.89. The molecule has 0 aromatic heterocycles. The Morgan fingerprint density at radius 1 is 1.36 bits per heavy atom. The Morgan fingerprint density at radius 3 is 2.09 bits per heavy atom. The van der Waals surface area contributed by atoms with Crippen molar-refractivity contribution in [2.75, 3.05) is 0 Å². The lowest BCUT2D eigenvalue weighted by molar-refractivity contribution is 0.534. The summed E-state index contributed by atoms with van der Waals surface area (Å²) < 4.78 is 0. The van der Waals surface area contributed by atoms with Crippen LogP contribution in [0, 0.1) is 16.0 Å². The molecule has 0 atom stereocenters. The van der Waals surface area contributed by atoms with Gasteiger partial charge in [-0.25, -0.2) is 0 Å². The van der Waals surface area contributed by atoms with Crippen LogP contribution in [0.1, 0.15) is 46.5 Å². The molecule has 0 amide bonds. The van der Waals surface area contributed by atoms with Crippen LogP contribution in [0.5, 0.6) is 0 Å². The van der Waals surface area contributed by atoms with E-state index in [-0.39, 0.29) is 0 Å². The molecular weight excluding hydrogens is 142 g/mol. The summed E-state index contributed by atoms with van der Waals surface area (Å²) in [4.78, 5) is 8.00. The first kappa shape index (κ1) is 13.0. The van der Waals surface area contributed by atoms with Gasteiger partial charge in [0.25, 0.3) is 0 Å². The molecule has 0 bridgehead atoms. The maximum Gasteiger partial charge on any atom is -0.0471 e.